The van der Waals surface area contributed by atoms with E-state index in [1.807, 2.05) is 0 Å². The second-order valence-corrected chi connectivity index (χ2v) is 6.95. The number of rotatable bonds is 3. The van der Waals surface area contributed by atoms with Crippen LogP contribution in [0.5, 0.6) is 0 Å². The van der Waals surface area contributed by atoms with Crippen LogP contribution in [0.3, 0.4) is 0 Å². The van der Waals surface area contributed by atoms with Gasteiger partial charge in [-0.25, -0.2) is 0 Å². The molecule has 0 amide bonds. The van der Waals surface area contributed by atoms with Gasteiger partial charge in [0.1, 0.15) is 6.29 Å². The summed E-state index contributed by atoms with van der Waals surface area (Å²) in [6, 6.07) is 0. The van der Waals surface area contributed by atoms with E-state index in [1.54, 1.807) is 0 Å². The number of carbonyl (C=O) groups is 1. The van der Waals surface area contributed by atoms with E-state index in [9.17, 15) is 4.79 Å². The Balaban J connectivity index is 1.81. The van der Waals surface area contributed by atoms with Crippen LogP contribution in [0, 0.1) is 29.6 Å². The fourth-order valence-electron chi connectivity index (χ4n) is 4.45. The van der Waals surface area contributed by atoms with Crippen molar-refractivity contribution in [2.45, 2.75) is 65.2 Å². The largest absolute Gasteiger partial charge is 0.303 e. The van der Waals surface area contributed by atoms with E-state index in [4.69, 9.17) is 0 Å². The molecule has 0 saturated heterocycles. The third-order valence-corrected chi connectivity index (χ3v) is 4.96. The standard InChI is InChI=1S/C16H28O/c1-12-6-13(2)8-16(7-12)10-14-4-3-5-15(9-14)11-17/h11-16H,3-10H2,1-2H3. The van der Waals surface area contributed by atoms with Gasteiger partial charge in [-0.3, -0.25) is 0 Å². The van der Waals surface area contributed by atoms with Crippen molar-refractivity contribution in [1.29, 1.82) is 0 Å². The Morgan fingerprint density at radius 1 is 0.941 bits per heavy atom. The van der Waals surface area contributed by atoms with Gasteiger partial charge in [0.25, 0.3) is 0 Å². The second-order valence-electron chi connectivity index (χ2n) is 6.95. The van der Waals surface area contributed by atoms with Crippen LogP contribution in [0.2, 0.25) is 0 Å². The highest BCUT2D eigenvalue weighted by Gasteiger charge is 2.28. The Morgan fingerprint density at radius 2 is 1.65 bits per heavy atom. The molecule has 17 heavy (non-hydrogen) atoms. The van der Waals surface area contributed by atoms with Gasteiger partial charge >= 0.3 is 0 Å². The molecule has 0 spiro atoms. The number of aldehydes is 1. The summed E-state index contributed by atoms with van der Waals surface area (Å²) in [7, 11) is 0. The lowest BCUT2D eigenvalue weighted by molar-refractivity contribution is -0.112. The normalized spacial score (nSPS) is 43.3. The molecule has 4 unspecified atom stereocenters. The third kappa shape index (κ3) is 3.82. The summed E-state index contributed by atoms with van der Waals surface area (Å²) in [4.78, 5) is 10.9. The highest BCUT2D eigenvalue weighted by Crippen LogP contribution is 2.40. The second kappa shape index (κ2) is 6.02. The van der Waals surface area contributed by atoms with E-state index in [0.717, 1.165) is 30.1 Å². The van der Waals surface area contributed by atoms with E-state index in [1.165, 1.54) is 51.2 Å². The van der Waals surface area contributed by atoms with Crippen LogP contribution in [0.4, 0.5) is 0 Å². The number of hydrogen-bond acceptors (Lipinski definition) is 1. The van der Waals surface area contributed by atoms with Crippen LogP contribution in [-0.2, 0) is 4.79 Å². The van der Waals surface area contributed by atoms with Crippen molar-refractivity contribution in [1.82, 2.24) is 0 Å². The number of carbonyl (C=O) groups excluding carboxylic acids is 1. The minimum absolute atomic E-state index is 0.382. The van der Waals surface area contributed by atoms with E-state index in [2.05, 4.69) is 13.8 Å². The summed E-state index contributed by atoms with van der Waals surface area (Å²) >= 11 is 0. The maximum absolute atomic E-state index is 10.9. The first-order valence-electron chi connectivity index (χ1n) is 7.62. The fraction of sp³-hybridized carbons (Fsp3) is 0.938. The van der Waals surface area contributed by atoms with E-state index in [0.29, 0.717) is 5.92 Å². The zero-order valence-electron chi connectivity index (χ0n) is 11.5. The lowest BCUT2D eigenvalue weighted by Crippen LogP contribution is -2.24. The summed E-state index contributed by atoms with van der Waals surface area (Å²) in [5.41, 5.74) is 0. The summed E-state index contributed by atoms with van der Waals surface area (Å²) in [6.07, 6.45) is 11.9. The van der Waals surface area contributed by atoms with Crippen LogP contribution in [0.15, 0.2) is 0 Å². The lowest BCUT2D eigenvalue weighted by atomic mass is 9.70. The first kappa shape index (κ1) is 13.1. The summed E-state index contributed by atoms with van der Waals surface area (Å²) in [5, 5.41) is 0. The maximum Gasteiger partial charge on any atom is 0.123 e. The molecule has 98 valence electrons. The van der Waals surface area contributed by atoms with Gasteiger partial charge in [-0.15, -0.1) is 0 Å². The summed E-state index contributed by atoms with van der Waals surface area (Å²) in [6.45, 7) is 4.83. The molecule has 0 aliphatic heterocycles. The van der Waals surface area contributed by atoms with Crippen molar-refractivity contribution in [3.63, 3.8) is 0 Å². The molecule has 0 aromatic rings. The zero-order chi connectivity index (χ0) is 12.3. The molecule has 2 aliphatic rings. The van der Waals surface area contributed by atoms with Gasteiger partial charge in [-0.1, -0.05) is 26.7 Å². The van der Waals surface area contributed by atoms with E-state index >= 15 is 0 Å². The maximum atomic E-state index is 10.9. The van der Waals surface area contributed by atoms with Crippen LogP contribution in [0.25, 0.3) is 0 Å². The molecule has 0 heterocycles. The van der Waals surface area contributed by atoms with E-state index < -0.39 is 0 Å². The van der Waals surface area contributed by atoms with Crippen LogP contribution < -0.4 is 0 Å². The monoisotopic (exact) mass is 236 g/mol. The Labute approximate surface area is 106 Å². The van der Waals surface area contributed by atoms with Crippen molar-refractivity contribution >= 4 is 6.29 Å². The van der Waals surface area contributed by atoms with Crippen molar-refractivity contribution in [3.05, 3.63) is 0 Å². The molecular weight excluding hydrogens is 208 g/mol. The molecule has 0 aromatic carbocycles. The molecule has 4 atom stereocenters. The molecule has 2 aliphatic carbocycles. The predicted octanol–water partition coefficient (Wildman–Crippen LogP) is 4.45. The summed E-state index contributed by atoms with van der Waals surface area (Å²) < 4.78 is 0. The van der Waals surface area contributed by atoms with Gasteiger partial charge in [0.15, 0.2) is 0 Å². The summed E-state index contributed by atoms with van der Waals surface area (Å²) in [5.74, 6) is 4.03. The third-order valence-electron chi connectivity index (χ3n) is 4.96. The Bertz CT molecular complexity index is 238. The Hall–Kier alpha value is -0.330. The van der Waals surface area contributed by atoms with Gasteiger partial charge in [-0.2, -0.15) is 0 Å². The van der Waals surface area contributed by atoms with Gasteiger partial charge < -0.3 is 4.79 Å². The van der Waals surface area contributed by atoms with Gasteiger partial charge in [0, 0.05) is 5.92 Å². The van der Waals surface area contributed by atoms with Gasteiger partial charge in [-0.05, 0) is 62.2 Å². The predicted molar refractivity (Wildman–Crippen MR) is 71.8 cm³/mol. The molecule has 2 rings (SSSR count). The van der Waals surface area contributed by atoms with Crippen molar-refractivity contribution < 1.29 is 4.79 Å². The first-order valence-corrected chi connectivity index (χ1v) is 7.62. The molecule has 0 radical (unpaired) electrons. The van der Waals surface area contributed by atoms with Crippen LogP contribution >= 0.6 is 0 Å². The quantitative estimate of drug-likeness (QED) is 0.661. The molecule has 0 aromatic heterocycles. The smallest absolute Gasteiger partial charge is 0.123 e. The fourth-order valence-corrected chi connectivity index (χ4v) is 4.45. The van der Waals surface area contributed by atoms with E-state index in [-0.39, 0.29) is 0 Å². The molecular formula is C16H28O. The Morgan fingerprint density at radius 3 is 2.29 bits per heavy atom. The van der Waals surface area contributed by atoms with Crippen molar-refractivity contribution in [2.75, 3.05) is 0 Å². The van der Waals surface area contributed by atoms with Gasteiger partial charge in [0.2, 0.25) is 0 Å². The first-order chi connectivity index (χ1) is 8.17. The van der Waals surface area contributed by atoms with Gasteiger partial charge in [0.05, 0.1) is 0 Å². The molecule has 1 nitrogen and oxygen atoms in total. The molecule has 2 fully saturated rings. The SMILES string of the molecule is CC1CC(C)CC(CC2CCCC(C=O)C2)C1. The molecule has 2 saturated carbocycles. The Kier molecular flexibility index (Phi) is 4.64. The average molecular weight is 236 g/mol. The lowest BCUT2D eigenvalue weighted by Gasteiger charge is -2.35. The van der Waals surface area contributed by atoms with Crippen LogP contribution in [0.1, 0.15) is 65.2 Å². The molecule has 1 heteroatoms. The molecule has 0 N–H and O–H groups in total. The van der Waals surface area contributed by atoms with Crippen molar-refractivity contribution in [2.24, 2.45) is 29.6 Å². The van der Waals surface area contributed by atoms with Crippen LogP contribution in [-0.4, -0.2) is 6.29 Å². The molecule has 0 bridgehead atoms. The van der Waals surface area contributed by atoms with Crippen molar-refractivity contribution in [3.8, 4) is 0 Å². The number of hydrogen-bond donors (Lipinski definition) is 0. The highest BCUT2D eigenvalue weighted by atomic mass is 16.1. The topological polar surface area (TPSA) is 17.1 Å². The highest BCUT2D eigenvalue weighted by molar-refractivity contribution is 5.53. The minimum atomic E-state index is 0.382. The zero-order valence-corrected chi connectivity index (χ0v) is 11.5. The minimum Gasteiger partial charge on any atom is -0.303 e. The average Bonchev–Trinajstić information content (AvgIpc) is 2.28.